The van der Waals surface area contributed by atoms with Crippen molar-refractivity contribution in [3.05, 3.63) is 57.9 Å². The lowest BCUT2D eigenvalue weighted by Gasteiger charge is -2.15. The number of hydrogen-bond acceptors (Lipinski definition) is 4. The van der Waals surface area contributed by atoms with E-state index in [1.165, 1.54) is 10.4 Å². The molecule has 1 atom stereocenters. The third-order valence-corrected chi connectivity index (χ3v) is 5.42. The van der Waals surface area contributed by atoms with Gasteiger partial charge in [0.2, 0.25) is 5.91 Å². The number of amides is 1. The summed E-state index contributed by atoms with van der Waals surface area (Å²) < 4.78 is 7.58. The standard InChI is InChI=1S/C19H23N3O2S/c1-13-15(10-21-11-17(24-2)18-8-5-9-25-18)14-6-3-4-7-16(14)22(13)12-19(20)23/h3-9,17,21H,10-12H2,1-2H3,(H2,20,23)/t17-/m1/s1. The first kappa shape index (κ1) is 17.7. The Morgan fingerprint density at radius 2 is 2.12 bits per heavy atom. The molecule has 0 aliphatic heterocycles. The molecule has 1 aromatic carbocycles. The van der Waals surface area contributed by atoms with Crippen LogP contribution in [0.5, 0.6) is 0 Å². The maximum atomic E-state index is 11.4. The molecule has 0 unspecified atom stereocenters. The number of aromatic nitrogens is 1. The summed E-state index contributed by atoms with van der Waals surface area (Å²) in [6.45, 7) is 3.67. The number of carbonyl (C=O) groups is 1. The number of nitrogens with two attached hydrogens (primary N) is 1. The topological polar surface area (TPSA) is 69.3 Å². The second-order valence-electron chi connectivity index (χ2n) is 6.00. The summed E-state index contributed by atoms with van der Waals surface area (Å²) in [5.74, 6) is -0.333. The zero-order valence-electron chi connectivity index (χ0n) is 14.5. The van der Waals surface area contributed by atoms with Crippen molar-refractivity contribution in [2.45, 2.75) is 26.1 Å². The molecule has 25 heavy (non-hydrogen) atoms. The monoisotopic (exact) mass is 357 g/mol. The Morgan fingerprint density at radius 3 is 2.80 bits per heavy atom. The lowest BCUT2D eigenvalue weighted by molar-refractivity contribution is -0.118. The molecule has 2 aromatic heterocycles. The Labute approximate surface area is 151 Å². The summed E-state index contributed by atoms with van der Waals surface area (Å²) in [6.07, 6.45) is 0.0410. The van der Waals surface area contributed by atoms with Gasteiger partial charge in [0, 0.05) is 41.7 Å². The largest absolute Gasteiger partial charge is 0.375 e. The number of rotatable bonds is 8. The van der Waals surface area contributed by atoms with Crippen molar-refractivity contribution in [3.63, 3.8) is 0 Å². The van der Waals surface area contributed by atoms with E-state index in [0.29, 0.717) is 6.54 Å². The molecule has 0 spiro atoms. The minimum atomic E-state index is -0.333. The molecule has 1 amide bonds. The molecule has 0 fully saturated rings. The van der Waals surface area contributed by atoms with Crippen LogP contribution in [0.1, 0.15) is 22.2 Å². The Morgan fingerprint density at radius 1 is 1.32 bits per heavy atom. The summed E-state index contributed by atoms with van der Waals surface area (Å²) >= 11 is 1.70. The summed E-state index contributed by atoms with van der Waals surface area (Å²) in [5, 5.41) is 6.70. The molecule has 132 valence electrons. The first-order valence-electron chi connectivity index (χ1n) is 8.23. The van der Waals surface area contributed by atoms with Crippen LogP contribution in [0, 0.1) is 6.92 Å². The van der Waals surface area contributed by atoms with E-state index in [2.05, 4.69) is 22.8 Å². The summed E-state index contributed by atoms with van der Waals surface area (Å²) in [4.78, 5) is 12.6. The van der Waals surface area contributed by atoms with E-state index >= 15 is 0 Å². The van der Waals surface area contributed by atoms with Crippen LogP contribution < -0.4 is 11.1 Å². The van der Waals surface area contributed by atoms with Crippen molar-refractivity contribution in [1.82, 2.24) is 9.88 Å². The van der Waals surface area contributed by atoms with Gasteiger partial charge < -0.3 is 20.4 Å². The molecule has 0 aliphatic carbocycles. The predicted octanol–water partition coefficient (Wildman–Crippen LogP) is 2.97. The van der Waals surface area contributed by atoms with Crippen molar-refractivity contribution < 1.29 is 9.53 Å². The number of hydrogen-bond donors (Lipinski definition) is 2. The van der Waals surface area contributed by atoms with E-state index in [0.717, 1.165) is 23.1 Å². The summed E-state index contributed by atoms with van der Waals surface area (Å²) in [7, 11) is 1.73. The molecule has 0 saturated carbocycles. The number of fused-ring (bicyclic) bond motifs is 1. The van der Waals surface area contributed by atoms with E-state index in [1.807, 2.05) is 35.8 Å². The van der Waals surface area contributed by atoms with Gasteiger partial charge in [-0.25, -0.2) is 0 Å². The van der Waals surface area contributed by atoms with Gasteiger partial charge in [0.25, 0.3) is 0 Å². The minimum Gasteiger partial charge on any atom is -0.375 e. The second kappa shape index (κ2) is 7.82. The van der Waals surface area contributed by atoms with E-state index in [4.69, 9.17) is 10.5 Å². The molecule has 3 N–H and O–H groups in total. The van der Waals surface area contributed by atoms with E-state index in [-0.39, 0.29) is 18.6 Å². The SMILES string of the molecule is CO[C@H](CNCc1c(C)n(CC(N)=O)c2ccccc12)c1cccs1. The second-order valence-corrected chi connectivity index (χ2v) is 6.98. The maximum absolute atomic E-state index is 11.4. The fourth-order valence-electron chi connectivity index (χ4n) is 3.19. The van der Waals surface area contributed by atoms with Crippen molar-refractivity contribution in [2.75, 3.05) is 13.7 Å². The van der Waals surface area contributed by atoms with E-state index in [9.17, 15) is 4.79 Å². The molecule has 5 nitrogen and oxygen atoms in total. The zero-order valence-corrected chi connectivity index (χ0v) is 15.3. The first-order chi connectivity index (χ1) is 12.1. The third-order valence-electron chi connectivity index (χ3n) is 4.45. The van der Waals surface area contributed by atoms with Gasteiger partial charge in [0.15, 0.2) is 0 Å². The van der Waals surface area contributed by atoms with Crippen molar-refractivity contribution >= 4 is 28.1 Å². The highest BCUT2D eigenvalue weighted by molar-refractivity contribution is 7.10. The van der Waals surface area contributed by atoms with E-state index in [1.54, 1.807) is 18.4 Å². The number of primary amides is 1. The lowest BCUT2D eigenvalue weighted by Crippen LogP contribution is -2.22. The maximum Gasteiger partial charge on any atom is 0.237 e. The van der Waals surface area contributed by atoms with Crippen LogP contribution in [-0.4, -0.2) is 24.1 Å². The fourth-order valence-corrected chi connectivity index (χ4v) is 3.99. The van der Waals surface area contributed by atoms with Crippen LogP contribution >= 0.6 is 11.3 Å². The Hall–Kier alpha value is -2.15. The Balaban J connectivity index is 1.79. The Bertz CT molecular complexity index is 855. The molecule has 0 saturated heterocycles. The molecule has 0 bridgehead atoms. The van der Waals surface area contributed by atoms with Gasteiger partial charge in [0.1, 0.15) is 12.6 Å². The number of ether oxygens (including phenoxy) is 1. The average Bonchev–Trinajstić information content (AvgIpc) is 3.21. The number of nitrogens with one attached hydrogen (secondary N) is 1. The van der Waals surface area contributed by atoms with E-state index < -0.39 is 0 Å². The van der Waals surface area contributed by atoms with Crippen LogP contribution in [0.25, 0.3) is 10.9 Å². The highest BCUT2D eigenvalue weighted by Crippen LogP contribution is 2.26. The number of carbonyl (C=O) groups excluding carboxylic acids is 1. The van der Waals surface area contributed by atoms with Crippen molar-refractivity contribution in [3.8, 4) is 0 Å². The van der Waals surface area contributed by atoms with Crippen molar-refractivity contribution in [2.24, 2.45) is 5.73 Å². The zero-order chi connectivity index (χ0) is 17.8. The molecule has 2 heterocycles. The smallest absolute Gasteiger partial charge is 0.237 e. The minimum absolute atomic E-state index is 0.0410. The number of para-hydroxylation sites is 1. The van der Waals surface area contributed by atoms with Gasteiger partial charge in [-0.2, -0.15) is 0 Å². The molecule has 6 heteroatoms. The first-order valence-corrected chi connectivity index (χ1v) is 9.11. The lowest BCUT2D eigenvalue weighted by atomic mass is 10.1. The number of methoxy groups -OCH3 is 1. The number of benzene rings is 1. The quantitative estimate of drug-likeness (QED) is 0.651. The van der Waals surface area contributed by atoms with Crippen LogP contribution in [0.2, 0.25) is 0 Å². The molecule has 0 radical (unpaired) electrons. The van der Waals surface area contributed by atoms with Gasteiger partial charge in [-0.3, -0.25) is 4.79 Å². The molecular weight excluding hydrogens is 334 g/mol. The fraction of sp³-hybridized carbons (Fsp3) is 0.316. The molecule has 0 aliphatic rings. The molecule has 3 aromatic rings. The third kappa shape index (κ3) is 3.76. The Kier molecular flexibility index (Phi) is 5.53. The normalized spacial score (nSPS) is 12.6. The van der Waals surface area contributed by atoms with Gasteiger partial charge in [-0.05, 0) is 30.0 Å². The van der Waals surface area contributed by atoms with Gasteiger partial charge >= 0.3 is 0 Å². The van der Waals surface area contributed by atoms with Crippen LogP contribution in [0.15, 0.2) is 41.8 Å². The van der Waals surface area contributed by atoms with Gasteiger partial charge in [0.05, 0.1) is 0 Å². The molecule has 3 rings (SSSR count). The van der Waals surface area contributed by atoms with Gasteiger partial charge in [-0.15, -0.1) is 11.3 Å². The van der Waals surface area contributed by atoms with Gasteiger partial charge in [-0.1, -0.05) is 24.3 Å². The van der Waals surface area contributed by atoms with Crippen LogP contribution in [0.3, 0.4) is 0 Å². The number of thiophene rings is 1. The summed E-state index contributed by atoms with van der Waals surface area (Å²) in [5.41, 5.74) is 8.71. The van der Waals surface area contributed by atoms with Crippen molar-refractivity contribution in [1.29, 1.82) is 0 Å². The average molecular weight is 357 g/mol. The predicted molar refractivity (Wildman–Crippen MR) is 102 cm³/mol. The van der Waals surface area contributed by atoms with Crippen LogP contribution in [0.4, 0.5) is 0 Å². The number of nitrogens with zero attached hydrogens (tertiary/aromatic N) is 1. The summed E-state index contributed by atoms with van der Waals surface area (Å²) in [6, 6.07) is 12.2. The highest BCUT2D eigenvalue weighted by Gasteiger charge is 2.16. The molecular formula is C19H23N3O2S. The highest BCUT2D eigenvalue weighted by atomic mass is 32.1. The van der Waals surface area contributed by atoms with Crippen LogP contribution in [-0.2, 0) is 22.6 Å².